The number of nitrogens with one attached hydrogen (secondary N) is 2. The Kier molecular flexibility index (Phi) is 4.06. The predicted octanol–water partition coefficient (Wildman–Crippen LogP) is 4.46. The fraction of sp³-hybridized carbons (Fsp3) is 0.136. The molecule has 28 heavy (non-hydrogen) atoms. The lowest BCUT2D eigenvalue weighted by atomic mass is 9.98. The molecule has 6 heteroatoms. The summed E-state index contributed by atoms with van der Waals surface area (Å²) in [5, 5.41) is 15.8. The summed E-state index contributed by atoms with van der Waals surface area (Å²) in [6.07, 6.45) is 3.84. The van der Waals surface area contributed by atoms with Crippen LogP contribution in [0.4, 0.5) is 0 Å². The molecule has 0 radical (unpaired) electrons. The number of H-pyrrole nitrogens is 1. The lowest BCUT2D eigenvalue weighted by molar-refractivity contribution is 0.0950. The number of hydrogen-bond acceptors (Lipinski definition) is 4. The van der Waals surface area contributed by atoms with Gasteiger partial charge in [0.25, 0.3) is 5.91 Å². The second-order valence-corrected chi connectivity index (χ2v) is 7.89. The van der Waals surface area contributed by atoms with Gasteiger partial charge in [-0.05, 0) is 64.7 Å². The number of thiophene rings is 1. The van der Waals surface area contributed by atoms with Crippen LogP contribution in [0.1, 0.15) is 32.1 Å². The zero-order chi connectivity index (χ0) is 19.1. The lowest BCUT2D eigenvalue weighted by Crippen LogP contribution is -2.17. The molecule has 2 heterocycles. The molecule has 0 saturated carbocycles. The van der Waals surface area contributed by atoms with Gasteiger partial charge in [-0.1, -0.05) is 30.3 Å². The second-order valence-electron chi connectivity index (χ2n) is 6.95. The summed E-state index contributed by atoms with van der Waals surface area (Å²) >= 11 is 1.59. The van der Waals surface area contributed by atoms with Crippen LogP contribution in [0, 0.1) is 6.92 Å². The van der Waals surface area contributed by atoms with Crippen LogP contribution in [-0.4, -0.2) is 22.3 Å². The van der Waals surface area contributed by atoms with Gasteiger partial charge in [-0.25, -0.2) is 5.43 Å². The Hall–Kier alpha value is -3.25. The molecule has 1 amide bonds. The molecule has 0 bridgehead atoms. The maximum atomic E-state index is 12.4. The molecule has 1 aliphatic rings. The number of amides is 1. The number of aromatic nitrogens is 2. The van der Waals surface area contributed by atoms with E-state index < -0.39 is 0 Å². The molecule has 0 unspecified atom stereocenters. The molecule has 138 valence electrons. The van der Waals surface area contributed by atoms with E-state index in [2.05, 4.69) is 51.1 Å². The Bertz CT molecular complexity index is 1220. The minimum absolute atomic E-state index is 0.310. The number of aryl methyl sites for hydroxylation is 3. The van der Waals surface area contributed by atoms with Crippen molar-refractivity contribution in [3.63, 3.8) is 0 Å². The van der Waals surface area contributed by atoms with Crippen molar-refractivity contribution in [2.45, 2.75) is 19.8 Å². The number of hydrogen-bond donors (Lipinski definition) is 2. The van der Waals surface area contributed by atoms with Gasteiger partial charge in [0.2, 0.25) is 0 Å². The van der Waals surface area contributed by atoms with E-state index in [1.165, 1.54) is 21.9 Å². The van der Waals surface area contributed by atoms with Gasteiger partial charge in [-0.3, -0.25) is 9.89 Å². The quantitative estimate of drug-likeness (QED) is 0.401. The molecule has 0 saturated heterocycles. The average molecular weight is 386 g/mol. The largest absolute Gasteiger partial charge is 0.289 e. The zero-order valence-electron chi connectivity index (χ0n) is 15.3. The number of carbonyl (C=O) groups excluding carboxylic acids is 1. The summed E-state index contributed by atoms with van der Waals surface area (Å²) < 4.78 is 0. The summed E-state index contributed by atoms with van der Waals surface area (Å²) in [6, 6.07) is 14.5. The van der Waals surface area contributed by atoms with Crippen molar-refractivity contribution >= 4 is 34.2 Å². The topological polar surface area (TPSA) is 70.1 Å². The van der Waals surface area contributed by atoms with Crippen LogP contribution in [0.2, 0.25) is 0 Å². The molecule has 5 nitrogen and oxygen atoms in total. The Labute approximate surface area is 166 Å². The van der Waals surface area contributed by atoms with Crippen LogP contribution >= 0.6 is 11.3 Å². The van der Waals surface area contributed by atoms with Crippen molar-refractivity contribution in [2.24, 2.45) is 5.10 Å². The summed E-state index contributed by atoms with van der Waals surface area (Å²) in [6.45, 7) is 2.01. The van der Waals surface area contributed by atoms with Gasteiger partial charge >= 0.3 is 0 Å². The van der Waals surface area contributed by atoms with Gasteiger partial charge in [0.15, 0.2) is 0 Å². The highest BCUT2D eigenvalue weighted by Crippen LogP contribution is 2.36. The smallest absolute Gasteiger partial charge is 0.272 e. The maximum absolute atomic E-state index is 12.4. The van der Waals surface area contributed by atoms with E-state index in [0.29, 0.717) is 5.69 Å². The first-order valence-electron chi connectivity index (χ1n) is 9.17. The molecule has 1 aliphatic carbocycles. The molecule has 4 aromatic rings. The number of rotatable bonds is 4. The first-order chi connectivity index (χ1) is 13.7. The fourth-order valence-electron chi connectivity index (χ4n) is 3.77. The highest BCUT2D eigenvalue weighted by atomic mass is 32.1. The average Bonchev–Trinajstić information content (AvgIpc) is 3.44. The fourth-order valence-corrected chi connectivity index (χ4v) is 4.56. The van der Waals surface area contributed by atoms with Gasteiger partial charge < -0.3 is 0 Å². The van der Waals surface area contributed by atoms with Crippen LogP contribution in [0.15, 0.2) is 52.9 Å². The number of nitrogens with zero attached hydrogens (tertiary/aromatic N) is 2. The Balaban J connectivity index is 1.41. The molecular formula is C22H18N4OS. The molecule has 0 fully saturated rings. The third-order valence-corrected chi connectivity index (χ3v) is 6.18. The van der Waals surface area contributed by atoms with Crippen LogP contribution in [0.5, 0.6) is 0 Å². The van der Waals surface area contributed by atoms with Crippen LogP contribution in [0.25, 0.3) is 22.0 Å². The minimum atomic E-state index is -0.310. The third kappa shape index (κ3) is 2.82. The zero-order valence-corrected chi connectivity index (χ0v) is 16.1. The number of hydrazone groups is 1. The van der Waals surface area contributed by atoms with Gasteiger partial charge in [-0.15, -0.1) is 11.3 Å². The van der Waals surface area contributed by atoms with Crippen molar-refractivity contribution < 1.29 is 4.79 Å². The number of aromatic amines is 1. The van der Waals surface area contributed by atoms with Crippen LogP contribution < -0.4 is 5.43 Å². The van der Waals surface area contributed by atoms with E-state index in [1.54, 1.807) is 23.6 Å². The maximum Gasteiger partial charge on any atom is 0.289 e. The van der Waals surface area contributed by atoms with E-state index in [9.17, 15) is 4.79 Å². The molecule has 0 spiro atoms. The lowest BCUT2D eigenvalue weighted by Gasteiger charge is -2.06. The normalized spacial score (nSPS) is 12.9. The van der Waals surface area contributed by atoms with E-state index >= 15 is 0 Å². The highest BCUT2D eigenvalue weighted by molar-refractivity contribution is 7.11. The van der Waals surface area contributed by atoms with Crippen molar-refractivity contribution in [2.75, 3.05) is 0 Å². The molecule has 2 aromatic carbocycles. The van der Waals surface area contributed by atoms with Gasteiger partial charge in [0.1, 0.15) is 5.69 Å². The summed E-state index contributed by atoms with van der Waals surface area (Å²) in [4.78, 5) is 13.4. The van der Waals surface area contributed by atoms with E-state index in [4.69, 9.17) is 0 Å². The van der Waals surface area contributed by atoms with E-state index in [1.807, 2.05) is 18.4 Å². The SMILES string of the molecule is Cc1ccsc1/C=N\NC(=O)c1cc(-c2ccc3c4c(cccc24)CC3)n[nH]1. The van der Waals surface area contributed by atoms with Crippen molar-refractivity contribution in [3.8, 4) is 11.3 Å². The molecular weight excluding hydrogens is 368 g/mol. The molecule has 2 aromatic heterocycles. The van der Waals surface area contributed by atoms with Crippen LogP contribution in [0.3, 0.4) is 0 Å². The predicted molar refractivity (Wildman–Crippen MR) is 113 cm³/mol. The van der Waals surface area contributed by atoms with Gasteiger partial charge in [0, 0.05) is 10.4 Å². The Morgan fingerprint density at radius 1 is 1.21 bits per heavy atom. The third-order valence-electron chi connectivity index (χ3n) is 5.22. The summed E-state index contributed by atoms with van der Waals surface area (Å²) in [5.74, 6) is -0.310. The van der Waals surface area contributed by atoms with Gasteiger partial charge in [-0.2, -0.15) is 10.2 Å². The van der Waals surface area contributed by atoms with E-state index in [0.717, 1.165) is 34.5 Å². The number of benzene rings is 2. The molecule has 2 N–H and O–H groups in total. The summed E-state index contributed by atoms with van der Waals surface area (Å²) in [7, 11) is 0. The minimum Gasteiger partial charge on any atom is -0.272 e. The monoisotopic (exact) mass is 386 g/mol. The van der Waals surface area contributed by atoms with E-state index in [-0.39, 0.29) is 5.91 Å². The standard InChI is InChI=1S/C22H18N4OS/c1-13-9-10-28-20(13)12-23-26-22(27)19-11-18(24-25-19)16-8-7-15-6-5-14-3-2-4-17(16)21(14)15/h2-4,7-12H,5-6H2,1H3,(H,24,25)(H,26,27)/b23-12-. The van der Waals surface area contributed by atoms with Crippen molar-refractivity contribution in [3.05, 3.63) is 75.1 Å². The molecule has 5 rings (SSSR count). The first-order valence-corrected chi connectivity index (χ1v) is 10.1. The Morgan fingerprint density at radius 3 is 2.89 bits per heavy atom. The molecule has 0 atom stereocenters. The molecule has 0 aliphatic heterocycles. The van der Waals surface area contributed by atoms with Crippen molar-refractivity contribution in [1.82, 2.24) is 15.6 Å². The second kappa shape index (κ2) is 6.73. The van der Waals surface area contributed by atoms with Crippen LogP contribution in [-0.2, 0) is 12.8 Å². The van der Waals surface area contributed by atoms with Crippen molar-refractivity contribution in [1.29, 1.82) is 0 Å². The Morgan fingerprint density at radius 2 is 2.07 bits per heavy atom. The summed E-state index contributed by atoms with van der Waals surface area (Å²) in [5.41, 5.74) is 8.67. The van der Waals surface area contributed by atoms with Gasteiger partial charge in [0.05, 0.1) is 11.9 Å². The highest BCUT2D eigenvalue weighted by Gasteiger charge is 2.18. The first kappa shape index (κ1) is 16.9. The number of carbonyl (C=O) groups is 1.